The second kappa shape index (κ2) is 4.58. The zero-order valence-corrected chi connectivity index (χ0v) is 9.37. The molecule has 0 N–H and O–H groups in total. The van der Waals surface area contributed by atoms with Gasteiger partial charge in [-0.3, -0.25) is 9.88 Å². The fourth-order valence-corrected chi connectivity index (χ4v) is 1.99. The SMILES string of the molecule is C=C1CCN(Cc2cncc(C)c2)CC1. The maximum absolute atomic E-state index is 4.22. The molecule has 0 unspecified atom stereocenters. The van der Waals surface area contributed by atoms with E-state index in [0.717, 1.165) is 32.5 Å². The smallest absolute Gasteiger partial charge is 0.0313 e. The van der Waals surface area contributed by atoms with E-state index in [4.69, 9.17) is 0 Å². The largest absolute Gasteiger partial charge is 0.298 e. The van der Waals surface area contributed by atoms with Gasteiger partial charge in [-0.25, -0.2) is 0 Å². The summed E-state index contributed by atoms with van der Waals surface area (Å²) in [6.45, 7) is 9.44. The normalized spacial score (nSPS) is 18.1. The average Bonchev–Trinajstić information content (AvgIpc) is 2.22. The van der Waals surface area contributed by atoms with Crippen LogP contribution in [-0.2, 0) is 6.54 Å². The Morgan fingerprint density at radius 1 is 1.33 bits per heavy atom. The standard InChI is InChI=1S/C13H18N2/c1-11-3-5-15(6-4-11)10-13-7-12(2)8-14-9-13/h7-9H,1,3-6,10H2,2H3. The summed E-state index contributed by atoms with van der Waals surface area (Å²) in [5.74, 6) is 0. The van der Waals surface area contributed by atoms with Gasteiger partial charge in [-0.1, -0.05) is 18.2 Å². The average molecular weight is 202 g/mol. The van der Waals surface area contributed by atoms with E-state index in [1.807, 2.05) is 12.4 Å². The zero-order valence-electron chi connectivity index (χ0n) is 9.37. The molecular weight excluding hydrogens is 184 g/mol. The van der Waals surface area contributed by atoms with Crippen molar-refractivity contribution in [1.29, 1.82) is 0 Å². The first-order valence-corrected chi connectivity index (χ1v) is 5.53. The van der Waals surface area contributed by atoms with Gasteiger partial charge in [0.2, 0.25) is 0 Å². The maximum Gasteiger partial charge on any atom is 0.0313 e. The highest BCUT2D eigenvalue weighted by Gasteiger charge is 2.12. The molecule has 2 heterocycles. The van der Waals surface area contributed by atoms with Gasteiger partial charge in [0.05, 0.1) is 0 Å². The summed E-state index contributed by atoms with van der Waals surface area (Å²) < 4.78 is 0. The Labute approximate surface area is 91.6 Å². The highest BCUT2D eigenvalue weighted by Crippen LogP contribution is 2.16. The van der Waals surface area contributed by atoms with E-state index in [1.54, 1.807) is 0 Å². The monoisotopic (exact) mass is 202 g/mol. The number of pyridine rings is 1. The number of nitrogens with zero attached hydrogens (tertiary/aromatic N) is 2. The van der Waals surface area contributed by atoms with E-state index in [0.29, 0.717) is 0 Å². The molecular formula is C13H18N2. The van der Waals surface area contributed by atoms with Crippen LogP contribution >= 0.6 is 0 Å². The lowest BCUT2D eigenvalue weighted by Crippen LogP contribution is -2.30. The molecule has 0 spiro atoms. The molecule has 0 bridgehead atoms. The second-order valence-electron chi connectivity index (χ2n) is 4.40. The predicted octanol–water partition coefficient (Wildman–Crippen LogP) is 2.54. The van der Waals surface area contributed by atoms with E-state index >= 15 is 0 Å². The Morgan fingerprint density at radius 2 is 2.07 bits per heavy atom. The third-order valence-corrected chi connectivity index (χ3v) is 2.90. The van der Waals surface area contributed by atoms with Crippen LogP contribution in [0.2, 0.25) is 0 Å². The van der Waals surface area contributed by atoms with Gasteiger partial charge in [0.1, 0.15) is 0 Å². The van der Waals surface area contributed by atoms with Crippen LogP contribution in [0.4, 0.5) is 0 Å². The van der Waals surface area contributed by atoms with Crippen molar-refractivity contribution < 1.29 is 0 Å². The van der Waals surface area contributed by atoms with E-state index in [-0.39, 0.29) is 0 Å². The van der Waals surface area contributed by atoms with Gasteiger partial charge in [0.15, 0.2) is 0 Å². The van der Waals surface area contributed by atoms with Crippen LogP contribution in [0.25, 0.3) is 0 Å². The Kier molecular flexibility index (Phi) is 3.17. The Hall–Kier alpha value is -1.15. The molecule has 2 rings (SSSR count). The minimum absolute atomic E-state index is 1.03. The summed E-state index contributed by atoms with van der Waals surface area (Å²) in [5.41, 5.74) is 3.96. The van der Waals surface area contributed by atoms with Crippen molar-refractivity contribution >= 4 is 0 Å². The predicted molar refractivity (Wildman–Crippen MR) is 62.6 cm³/mol. The van der Waals surface area contributed by atoms with Crippen LogP contribution in [0.5, 0.6) is 0 Å². The van der Waals surface area contributed by atoms with E-state index < -0.39 is 0 Å². The van der Waals surface area contributed by atoms with Gasteiger partial charge >= 0.3 is 0 Å². The van der Waals surface area contributed by atoms with Crippen molar-refractivity contribution in [3.63, 3.8) is 0 Å². The topological polar surface area (TPSA) is 16.1 Å². The van der Waals surface area contributed by atoms with E-state index in [1.165, 1.54) is 16.7 Å². The molecule has 2 heteroatoms. The first-order chi connectivity index (χ1) is 7.24. The van der Waals surface area contributed by atoms with Crippen LogP contribution in [0.1, 0.15) is 24.0 Å². The van der Waals surface area contributed by atoms with Gasteiger partial charge in [-0.05, 0) is 30.9 Å². The highest BCUT2D eigenvalue weighted by molar-refractivity contribution is 5.16. The molecule has 1 aromatic heterocycles. The van der Waals surface area contributed by atoms with Crippen LogP contribution in [0.3, 0.4) is 0 Å². The van der Waals surface area contributed by atoms with Crippen LogP contribution in [0, 0.1) is 6.92 Å². The van der Waals surface area contributed by atoms with Crippen LogP contribution in [-0.4, -0.2) is 23.0 Å². The molecule has 0 amide bonds. The van der Waals surface area contributed by atoms with Gasteiger partial charge < -0.3 is 0 Å². The van der Waals surface area contributed by atoms with Crippen molar-refractivity contribution in [3.05, 3.63) is 41.7 Å². The van der Waals surface area contributed by atoms with Crippen molar-refractivity contribution in [1.82, 2.24) is 9.88 Å². The number of hydrogen-bond acceptors (Lipinski definition) is 2. The number of piperidine rings is 1. The highest BCUT2D eigenvalue weighted by atomic mass is 15.1. The molecule has 1 aliphatic heterocycles. The number of hydrogen-bond donors (Lipinski definition) is 0. The minimum atomic E-state index is 1.03. The molecule has 2 nitrogen and oxygen atoms in total. The Balaban J connectivity index is 1.94. The third kappa shape index (κ3) is 2.90. The molecule has 1 aliphatic rings. The number of rotatable bonds is 2. The summed E-state index contributed by atoms with van der Waals surface area (Å²) in [6.07, 6.45) is 6.18. The minimum Gasteiger partial charge on any atom is -0.298 e. The number of likely N-dealkylation sites (tertiary alicyclic amines) is 1. The molecule has 0 saturated carbocycles. The summed E-state index contributed by atoms with van der Waals surface area (Å²) in [6, 6.07) is 2.22. The molecule has 1 saturated heterocycles. The molecule has 1 fully saturated rings. The van der Waals surface area contributed by atoms with Gasteiger partial charge in [-0.2, -0.15) is 0 Å². The lowest BCUT2D eigenvalue weighted by atomic mass is 10.1. The summed E-state index contributed by atoms with van der Waals surface area (Å²) >= 11 is 0. The Bertz CT molecular complexity index is 347. The molecule has 1 aromatic rings. The fourth-order valence-electron chi connectivity index (χ4n) is 1.99. The molecule has 15 heavy (non-hydrogen) atoms. The first kappa shape index (κ1) is 10.4. The lowest BCUT2D eigenvalue weighted by Gasteiger charge is -2.27. The zero-order chi connectivity index (χ0) is 10.7. The summed E-state index contributed by atoms with van der Waals surface area (Å²) in [7, 11) is 0. The third-order valence-electron chi connectivity index (χ3n) is 2.90. The van der Waals surface area contributed by atoms with Gasteiger partial charge in [-0.15, -0.1) is 0 Å². The van der Waals surface area contributed by atoms with Crippen molar-refractivity contribution in [2.45, 2.75) is 26.3 Å². The molecule has 0 aliphatic carbocycles. The van der Waals surface area contributed by atoms with Gasteiger partial charge in [0.25, 0.3) is 0 Å². The number of aromatic nitrogens is 1. The van der Waals surface area contributed by atoms with E-state index in [2.05, 4.69) is 29.5 Å². The molecule has 0 radical (unpaired) electrons. The molecule has 80 valence electrons. The molecule has 0 atom stereocenters. The fraction of sp³-hybridized carbons (Fsp3) is 0.462. The van der Waals surface area contributed by atoms with Crippen LogP contribution in [0.15, 0.2) is 30.6 Å². The quantitative estimate of drug-likeness (QED) is 0.685. The van der Waals surface area contributed by atoms with E-state index in [9.17, 15) is 0 Å². The maximum atomic E-state index is 4.22. The van der Waals surface area contributed by atoms with Crippen molar-refractivity contribution in [2.24, 2.45) is 0 Å². The van der Waals surface area contributed by atoms with Crippen LogP contribution < -0.4 is 0 Å². The van der Waals surface area contributed by atoms with Crippen molar-refractivity contribution in [2.75, 3.05) is 13.1 Å². The Morgan fingerprint density at radius 3 is 2.73 bits per heavy atom. The molecule has 0 aromatic carbocycles. The lowest BCUT2D eigenvalue weighted by molar-refractivity contribution is 0.248. The van der Waals surface area contributed by atoms with Gasteiger partial charge in [0, 0.05) is 32.0 Å². The second-order valence-corrected chi connectivity index (χ2v) is 4.40. The first-order valence-electron chi connectivity index (χ1n) is 5.53. The number of aryl methyl sites for hydroxylation is 1. The van der Waals surface area contributed by atoms with Crippen molar-refractivity contribution in [3.8, 4) is 0 Å². The summed E-state index contributed by atoms with van der Waals surface area (Å²) in [5, 5.41) is 0. The summed E-state index contributed by atoms with van der Waals surface area (Å²) in [4.78, 5) is 6.70.